The van der Waals surface area contributed by atoms with Crippen molar-refractivity contribution in [2.45, 2.75) is 0 Å². The third kappa shape index (κ3) is 2.63. The maximum atomic E-state index is 12.3. The van der Waals surface area contributed by atoms with E-state index >= 15 is 0 Å². The molecule has 1 amide bonds. The number of methoxy groups -OCH3 is 1. The van der Waals surface area contributed by atoms with E-state index in [0.29, 0.717) is 20.8 Å². The van der Waals surface area contributed by atoms with Crippen LogP contribution in [0.1, 0.15) is 9.67 Å². The zero-order chi connectivity index (χ0) is 15.7. The van der Waals surface area contributed by atoms with Gasteiger partial charge in [-0.1, -0.05) is 0 Å². The third-order valence-electron chi connectivity index (χ3n) is 3.01. The van der Waals surface area contributed by atoms with Gasteiger partial charge in [0.25, 0.3) is 5.91 Å². The van der Waals surface area contributed by atoms with Gasteiger partial charge in [0.1, 0.15) is 16.4 Å². The van der Waals surface area contributed by atoms with E-state index in [1.165, 1.54) is 11.3 Å². The predicted molar refractivity (Wildman–Crippen MR) is 87.2 cm³/mol. The molecule has 0 spiro atoms. The van der Waals surface area contributed by atoms with E-state index in [1.807, 2.05) is 0 Å². The highest BCUT2D eigenvalue weighted by Gasteiger charge is 2.14. The van der Waals surface area contributed by atoms with Crippen LogP contribution in [0.3, 0.4) is 0 Å². The number of fused-ring (bicyclic) bond motifs is 1. The van der Waals surface area contributed by atoms with Crippen LogP contribution < -0.4 is 21.5 Å². The monoisotopic (exact) mass is 315 g/mol. The first-order valence-electron chi connectivity index (χ1n) is 6.35. The molecule has 7 nitrogen and oxygen atoms in total. The van der Waals surface area contributed by atoms with Gasteiger partial charge in [-0.2, -0.15) is 4.98 Å². The topological polar surface area (TPSA) is 116 Å². The minimum absolute atomic E-state index is 0.0916. The maximum Gasteiger partial charge on any atom is 0.265 e. The molecule has 2 aromatic heterocycles. The summed E-state index contributed by atoms with van der Waals surface area (Å²) in [5.41, 5.74) is 12.0. The van der Waals surface area contributed by atoms with Crippen molar-refractivity contribution < 1.29 is 9.53 Å². The number of benzene rings is 1. The third-order valence-corrected chi connectivity index (χ3v) is 4.04. The van der Waals surface area contributed by atoms with Crippen LogP contribution in [0.15, 0.2) is 30.3 Å². The van der Waals surface area contributed by atoms with Gasteiger partial charge in [-0.05, 0) is 30.3 Å². The summed E-state index contributed by atoms with van der Waals surface area (Å²) in [6, 6.07) is 8.72. The lowest BCUT2D eigenvalue weighted by Gasteiger charge is -2.04. The van der Waals surface area contributed by atoms with Crippen LogP contribution in [0.5, 0.6) is 5.75 Å². The van der Waals surface area contributed by atoms with Gasteiger partial charge < -0.3 is 21.5 Å². The molecule has 112 valence electrons. The molecule has 0 radical (unpaired) electrons. The molecule has 8 heteroatoms. The second kappa shape index (κ2) is 5.49. The number of nitrogens with zero attached hydrogens (tertiary/aromatic N) is 2. The molecule has 22 heavy (non-hydrogen) atoms. The first kappa shape index (κ1) is 14.1. The van der Waals surface area contributed by atoms with E-state index in [4.69, 9.17) is 16.2 Å². The van der Waals surface area contributed by atoms with Gasteiger partial charge in [-0.25, -0.2) is 4.98 Å². The van der Waals surface area contributed by atoms with Crippen molar-refractivity contribution in [1.82, 2.24) is 9.97 Å². The van der Waals surface area contributed by atoms with Crippen LogP contribution in [-0.2, 0) is 0 Å². The Bertz CT molecular complexity index is 844. The van der Waals surface area contributed by atoms with Crippen molar-refractivity contribution in [1.29, 1.82) is 0 Å². The predicted octanol–water partition coefficient (Wildman–Crippen LogP) is 2.12. The van der Waals surface area contributed by atoms with Crippen molar-refractivity contribution in [3.63, 3.8) is 0 Å². The van der Waals surface area contributed by atoms with E-state index in [9.17, 15) is 4.79 Å². The summed E-state index contributed by atoms with van der Waals surface area (Å²) in [6.07, 6.45) is 0. The number of anilines is 3. The number of rotatable bonds is 3. The summed E-state index contributed by atoms with van der Waals surface area (Å²) in [5, 5.41) is 3.42. The Labute approximate surface area is 129 Å². The lowest BCUT2D eigenvalue weighted by molar-refractivity contribution is 0.103. The smallest absolute Gasteiger partial charge is 0.265 e. The van der Waals surface area contributed by atoms with Crippen molar-refractivity contribution in [2.75, 3.05) is 23.9 Å². The summed E-state index contributed by atoms with van der Waals surface area (Å²) in [5.74, 6) is 0.834. The van der Waals surface area contributed by atoms with E-state index in [1.54, 1.807) is 37.4 Å². The molecule has 0 atom stereocenters. The van der Waals surface area contributed by atoms with E-state index in [0.717, 1.165) is 5.75 Å². The lowest BCUT2D eigenvalue weighted by atomic mass is 10.3. The van der Waals surface area contributed by atoms with Gasteiger partial charge in [0.15, 0.2) is 0 Å². The molecule has 5 N–H and O–H groups in total. The molecule has 0 aliphatic rings. The summed E-state index contributed by atoms with van der Waals surface area (Å²) < 4.78 is 5.07. The summed E-state index contributed by atoms with van der Waals surface area (Å²) in [6.45, 7) is 0. The largest absolute Gasteiger partial charge is 0.497 e. The molecule has 2 heterocycles. The molecule has 0 aliphatic heterocycles. The number of carbonyl (C=O) groups is 1. The van der Waals surface area contributed by atoms with Gasteiger partial charge in [0.05, 0.1) is 17.4 Å². The van der Waals surface area contributed by atoms with Crippen molar-refractivity contribution in [3.8, 4) is 5.75 Å². The number of thiophene rings is 1. The number of aromatic nitrogens is 2. The van der Waals surface area contributed by atoms with Crippen LogP contribution in [-0.4, -0.2) is 23.0 Å². The van der Waals surface area contributed by atoms with Crippen LogP contribution >= 0.6 is 11.3 Å². The van der Waals surface area contributed by atoms with Gasteiger partial charge in [0.2, 0.25) is 5.95 Å². The first-order chi connectivity index (χ1) is 10.6. The molecule has 0 bridgehead atoms. The number of hydrogen-bond donors (Lipinski definition) is 3. The molecule has 0 aliphatic carbocycles. The van der Waals surface area contributed by atoms with Gasteiger partial charge in [-0.15, -0.1) is 11.3 Å². The highest BCUT2D eigenvalue weighted by Crippen LogP contribution is 2.28. The summed E-state index contributed by atoms with van der Waals surface area (Å²) in [4.78, 5) is 21.3. The summed E-state index contributed by atoms with van der Waals surface area (Å²) >= 11 is 1.21. The molecule has 0 saturated heterocycles. The van der Waals surface area contributed by atoms with E-state index in [2.05, 4.69) is 15.3 Å². The van der Waals surface area contributed by atoms with E-state index < -0.39 is 0 Å². The molecular weight excluding hydrogens is 302 g/mol. The number of ether oxygens (including phenoxy) is 1. The maximum absolute atomic E-state index is 12.3. The SMILES string of the molecule is COc1ccc(NC(=O)c2cc3c(N)nc(N)nc3s2)cc1. The Morgan fingerprint density at radius 1 is 1.23 bits per heavy atom. The van der Waals surface area contributed by atoms with Gasteiger partial charge >= 0.3 is 0 Å². The molecule has 0 saturated carbocycles. The lowest BCUT2D eigenvalue weighted by Crippen LogP contribution is -2.09. The Morgan fingerprint density at radius 2 is 1.95 bits per heavy atom. The number of carbonyl (C=O) groups excluding carboxylic acids is 1. The molecule has 0 fully saturated rings. The number of amides is 1. The molecule has 1 aromatic carbocycles. The second-order valence-electron chi connectivity index (χ2n) is 4.48. The summed E-state index contributed by atoms with van der Waals surface area (Å²) in [7, 11) is 1.59. The van der Waals surface area contributed by atoms with Crippen molar-refractivity contribution >= 4 is 44.9 Å². The number of nitrogen functional groups attached to an aromatic ring is 2. The average Bonchev–Trinajstić information content (AvgIpc) is 2.92. The minimum Gasteiger partial charge on any atom is -0.497 e. The fourth-order valence-corrected chi connectivity index (χ4v) is 2.88. The number of hydrogen-bond acceptors (Lipinski definition) is 7. The number of nitrogens with one attached hydrogen (secondary N) is 1. The average molecular weight is 315 g/mol. The van der Waals surface area contributed by atoms with Crippen LogP contribution in [0.2, 0.25) is 0 Å². The second-order valence-corrected chi connectivity index (χ2v) is 5.51. The fraction of sp³-hybridized carbons (Fsp3) is 0.0714. The van der Waals surface area contributed by atoms with Crippen molar-refractivity contribution in [3.05, 3.63) is 35.2 Å². The minimum atomic E-state index is -0.244. The first-order valence-corrected chi connectivity index (χ1v) is 7.16. The van der Waals surface area contributed by atoms with Crippen LogP contribution in [0, 0.1) is 0 Å². The van der Waals surface area contributed by atoms with Gasteiger partial charge in [0, 0.05) is 5.69 Å². The molecular formula is C14H13N5O2S. The zero-order valence-electron chi connectivity index (χ0n) is 11.7. The van der Waals surface area contributed by atoms with Crippen molar-refractivity contribution in [2.24, 2.45) is 0 Å². The quantitative estimate of drug-likeness (QED) is 0.681. The highest BCUT2D eigenvalue weighted by molar-refractivity contribution is 7.20. The Balaban J connectivity index is 1.86. The molecule has 3 rings (SSSR count). The van der Waals surface area contributed by atoms with Crippen LogP contribution in [0.4, 0.5) is 17.5 Å². The Hall–Kier alpha value is -2.87. The van der Waals surface area contributed by atoms with Crippen LogP contribution in [0.25, 0.3) is 10.2 Å². The zero-order valence-corrected chi connectivity index (χ0v) is 12.5. The normalized spacial score (nSPS) is 10.6. The van der Waals surface area contributed by atoms with Gasteiger partial charge in [-0.3, -0.25) is 4.79 Å². The Kier molecular flexibility index (Phi) is 3.51. The highest BCUT2D eigenvalue weighted by atomic mass is 32.1. The molecule has 3 aromatic rings. The number of nitrogens with two attached hydrogens (primary N) is 2. The fourth-order valence-electron chi connectivity index (χ4n) is 1.94. The molecule has 0 unspecified atom stereocenters. The Morgan fingerprint density at radius 3 is 2.64 bits per heavy atom. The standard InChI is InChI=1S/C14H13N5O2S/c1-21-8-4-2-7(3-5-8)17-12(20)10-6-9-11(15)18-14(16)19-13(9)22-10/h2-6H,1H3,(H,17,20)(H4,15,16,18,19). The van der Waals surface area contributed by atoms with E-state index in [-0.39, 0.29) is 17.7 Å².